The number of piperidine rings is 1. The number of hydrogen-bond donors (Lipinski definition) is 1. The van der Waals surface area contributed by atoms with E-state index in [2.05, 4.69) is 28.9 Å². The van der Waals surface area contributed by atoms with E-state index in [0.29, 0.717) is 6.54 Å². The molecule has 0 saturated carbocycles. The zero-order valence-electron chi connectivity index (χ0n) is 16.6. The largest absolute Gasteiger partial charge is 0.396 e. The number of carbonyl (C=O) groups excluding carboxylic acids is 1. The number of hydrogen-bond acceptors (Lipinski definition) is 5. The summed E-state index contributed by atoms with van der Waals surface area (Å²) in [7, 11) is 0. The maximum atomic E-state index is 13.1. The third kappa shape index (κ3) is 4.14. The zero-order chi connectivity index (χ0) is 19.5. The van der Waals surface area contributed by atoms with Crippen molar-refractivity contribution in [3.05, 3.63) is 51.0 Å². The van der Waals surface area contributed by atoms with Gasteiger partial charge >= 0.3 is 0 Å². The van der Waals surface area contributed by atoms with E-state index in [4.69, 9.17) is 0 Å². The Morgan fingerprint density at radius 2 is 2.25 bits per heavy atom. The zero-order valence-corrected chi connectivity index (χ0v) is 17.4. The highest BCUT2D eigenvalue weighted by atomic mass is 32.1. The number of aliphatic hydroxyl groups excluding tert-OH is 1. The number of rotatable bonds is 5. The molecule has 2 aliphatic rings. The third-order valence-electron chi connectivity index (χ3n) is 6.00. The Hall–Kier alpha value is -1.76. The lowest BCUT2D eigenvalue weighted by atomic mass is 9.97. The summed E-state index contributed by atoms with van der Waals surface area (Å²) in [4.78, 5) is 23.3. The van der Waals surface area contributed by atoms with Gasteiger partial charge in [0.1, 0.15) is 0 Å². The minimum absolute atomic E-state index is 0.154. The highest BCUT2D eigenvalue weighted by Crippen LogP contribution is 2.31. The monoisotopic (exact) mass is 399 g/mol. The number of pyridine rings is 1. The predicted octanol–water partition coefficient (Wildman–Crippen LogP) is 3.11. The first-order valence-electron chi connectivity index (χ1n) is 10.3. The Bertz CT molecular complexity index is 818. The average molecular weight is 400 g/mol. The maximum absolute atomic E-state index is 13.1. The smallest absolute Gasteiger partial charge is 0.254 e. The first-order valence-corrected chi connectivity index (χ1v) is 11.2. The molecule has 1 amide bonds. The molecule has 150 valence electrons. The average Bonchev–Trinajstić information content (AvgIpc) is 3.17. The van der Waals surface area contributed by atoms with E-state index >= 15 is 0 Å². The van der Waals surface area contributed by atoms with E-state index < -0.39 is 0 Å². The minimum atomic E-state index is 0.154. The van der Waals surface area contributed by atoms with Crippen molar-refractivity contribution in [2.75, 3.05) is 26.2 Å². The van der Waals surface area contributed by atoms with E-state index in [-0.39, 0.29) is 18.4 Å². The molecule has 0 radical (unpaired) electrons. The quantitative estimate of drug-likeness (QED) is 0.839. The summed E-state index contributed by atoms with van der Waals surface area (Å²) in [6, 6.07) is 4.30. The Balaban J connectivity index is 1.42. The van der Waals surface area contributed by atoms with Crippen LogP contribution in [0.2, 0.25) is 0 Å². The van der Waals surface area contributed by atoms with Crippen LogP contribution in [0.3, 0.4) is 0 Å². The molecule has 6 heteroatoms. The van der Waals surface area contributed by atoms with Crippen LogP contribution >= 0.6 is 11.3 Å². The number of likely N-dealkylation sites (tertiary alicyclic amines) is 1. The van der Waals surface area contributed by atoms with Gasteiger partial charge in [-0.25, -0.2) is 0 Å². The number of nitrogens with zero attached hydrogens (tertiary/aromatic N) is 3. The number of aromatic nitrogens is 1. The van der Waals surface area contributed by atoms with Gasteiger partial charge in [0.05, 0.1) is 11.3 Å². The fourth-order valence-corrected chi connectivity index (χ4v) is 5.37. The van der Waals surface area contributed by atoms with E-state index in [1.54, 1.807) is 11.3 Å². The van der Waals surface area contributed by atoms with Crippen molar-refractivity contribution in [2.45, 2.75) is 45.7 Å². The molecule has 1 saturated heterocycles. The van der Waals surface area contributed by atoms with Crippen LogP contribution in [0.25, 0.3) is 0 Å². The highest BCUT2D eigenvalue weighted by Gasteiger charge is 2.29. The molecule has 2 aromatic heterocycles. The van der Waals surface area contributed by atoms with Gasteiger partial charge in [0, 0.05) is 55.8 Å². The van der Waals surface area contributed by atoms with E-state index in [0.717, 1.165) is 63.1 Å². The van der Waals surface area contributed by atoms with Crippen LogP contribution in [-0.2, 0) is 25.9 Å². The summed E-state index contributed by atoms with van der Waals surface area (Å²) >= 11 is 1.71. The fourth-order valence-electron chi connectivity index (χ4n) is 4.25. The van der Waals surface area contributed by atoms with Crippen LogP contribution < -0.4 is 0 Å². The molecule has 1 N–H and O–H groups in total. The minimum Gasteiger partial charge on any atom is -0.396 e. The summed E-state index contributed by atoms with van der Waals surface area (Å²) in [5.41, 5.74) is 4.51. The van der Waals surface area contributed by atoms with Crippen LogP contribution in [0.1, 0.15) is 51.8 Å². The first kappa shape index (κ1) is 19.6. The number of thiophene rings is 1. The lowest BCUT2D eigenvalue weighted by molar-refractivity contribution is 0.0619. The van der Waals surface area contributed by atoms with Gasteiger partial charge in [-0.1, -0.05) is 13.0 Å². The lowest BCUT2D eigenvalue weighted by Gasteiger charge is -2.32. The number of fused-ring (bicyclic) bond motifs is 1. The molecule has 2 aromatic rings. The molecular formula is C22H29N3O2S. The van der Waals surface area contributed by atoms with Crippen LogP contribution in [0.5, 0.6) is 0 Å². The second kappa shape index (κ2) is 8.72. The SMILES string of the molecule is CCc1ccc(CN2CCc3c(C(=O)N4CCC[C@H](CO)C4)csc3C2)nc1. The predicted molar refractivity (Wildman–Crippen MR) is 111 cm³/mol. The Morgan fingerprint density at radius 3 is 3.00 bits per heavy atom. The van der Waals surface area contributed by atoms with Gasteiger partial charge < -0.3 is 10.0 Å². The summed E-state index contributed by atoms with van der Waals surface area (Å²) in [6.07, 6.45) is 5.92. The fraction of sp³-hybridized carbons (Fsp3) is 0.545. The van der Waals surface area contributed by atoms with Crippen molar-refractivity contribution < 1.29 is 9.90 Å². The van der Waals surface area contributed by atoms with Crippen molar-refractivity contribution in [1.82, 2.24) is 14.8 Å². The lowest BCUT2D eigenvalue weighted by Crippen LogP contribution is -2.41. The molecule has 1 fully saturated rings. The summed E-state index contributed by atoms with van der Waals surface area (Å²) in [6.45, 7) is 6.52. The molecule has 0 unspecified atom stereocenters. The number of carbonyl (C=O) groups is 1. The Morgan fingerprint density at radius 1 is 1.36 bits per heavy atom. The van der Waals surface area contributed by atoms with Gasteiger partial charge in [0.2, 0.25) is 0 Å². The van der Waals surface area contributed by atoms with E-state index in [1.807, 2.05) is 16.5 Å². The molecule has 0 bridgehead atoms. The normalized spacial score (nSPS) is 20.2. The van der Waals surface area contributed by atoms with E-state index in [9.17, 15) is 9.90 Å². The van der Waals surface area contributed by atoms with Crippen LogP contribution in [-0.4, -0.2) is 52.0 Å². The molecule has 5 nitrogen and oxygen atoms in total. The molecule has 1 atom stereocenters. The van der Waals surface area contributed by atoms with Crippen LogP contribution in [0.15, 0.2) is 23.7 Å². The molecule has 0 spiro atoms. The number of aryl methyl sites for hydroxylation is 1. The molecule has 2 aliphatic heterocycles. The van der Waals surface area contributed by atoms with Gasteiger partial charge in [-0.2, -0.15) is 0 Å². The molecular weight excluding hydrogens is 370 g/mol. The van der Waals surface area contributed by atoms with Crippen molar-refractivity contribution >= 4 is 17.2 Å². The van der Waals surface area contributed by atoms with Crippen molar-refractivity contribution in [1.29, 1.82) is 0 Å². The van der Waals surface area contributed by atoms with Gasteiger partial charge in [-0.15, -0.1) is 11.3 Å². The van der Waals surface area contributed by atoms with Crippen molar-refractivity contribution in [3.63, 3.8) is 0 Å². The third-order valence-corrected chi connectivity index (χ3v) is 7.01. The van der Waals surface area contributed by atoms with E-state index in [1.165, 1.54) is 16.0 Å². The summed E-state index contributed by atoms with van der Waals surface area (Å²) in [5, 5.41) is 11.5. The highest BCUT2D eigenvalue weighted by molar-refractivity contribution is 7.10. The second-order valence-electron chi connectivity index (χ2n) is 7.97. The molecule has 28 heavy (non-hydrogen) atoms. The second-order valence-corrected chi connectivity index (χ2v) is 8.93. The first-order chi connectivity index (χ1) is 13.7. The van der Waals surface area contributed by atoms with Crippen LogP contribution in [0, 0.1) is 5.92 Å². The Kier molecular flexibility index (Phi) is 6.09. The van der Waals surface area contributed by atoms with Crippen LogP contribution in [0.4, 0.5) is 0 Å². The summed E-state index contributed by atoms with van der Waals surface area (Å²) in [5.74, 6) is 0.384. The van der Waals surface area contributed by atoms with Gasteiger partial charge in [-0.3, -0.25) is 14.7 Å². The summed E-state index contributed by atoms with van der Waals surface area (Å²) < 4.78 is 0. The van der Waals surface area contributed by atoms with Gasteiger partial charge in [0.25, 0.3) is 5.91 Å². The Labute approximate surface area is 171 Å². The van der Waals surface area contributed by atoms with Crippen molar-refractivity contribution in [2.24, 2.45) is 5.92 Å². The standard InChI is InChI=1S/C22H29N3O2S/c1-2-16-5-6-18(23-10-16)12-24-9-7-19-20(15-28-21(19)13-24)22(27)25-8-3-4-17(11-25)14-26/h5-6,10,15,17,26H,2-4,7-9,11-14H2,1H3/t17-/m0/s1. The topological polar surface area (TPSA) is 56.7 Å². The maximum Gasteiger partial charge on any atom is 0.254 e. The van der Waals surface area contributed by atoms with Gasteiger partial charge in [0.15, 0.2) is 0 Å². The molecule has 0 aromatic carbocycles. The molecule has 4 heterocycles. The molecule has 0 aliphatic carbocycles. The molecule has 4 rings (SSSR count). The van der Waals surface area contributed by atoms with Crippen molar-refractivity contribution in [3.8, 4) is 0 Å². The number of aliphatic hydroxyl groups is 1. The number of amides is 1. The van der Waals surface area contributed by atoms with Gasteiger partial charge in [-0.05, 0) is 48.8 Å².